The maximum atomic E-state index is 4.63. The van der Waals surface area contributed by atoms with Crippen LogP contribution in [0.25, 0.3) is 0 Å². The van der Waals surface area contributed by atoms with Crippen molar-refractivity contribution in [2.45, 2.75) is 65.2 Å². The molecule has 0 bridgehead atoms. The molecule has 94 valence electrons. The monoisotopic (exact) mass is 235 g/mol. The molecule has 1 aromatic rings. The van der Waals surface area contributed by atoms with Crippen LogP contribution in [0.5, 0.6) is 0 Å². The number of aromatic nitrogens is 1. The Bertz CT molecular complexity index is 290. The van der Waals surface area contributed by atoms with Crippen molar-refractivity contribution in [3.8, 4) is 0 Å². The van der Waals surface area contributed by atoms with Crippen molar-refractivity contribution in [1.82, 2.24) is 4.98 Å². The van der Waals surface area contributed by atoms with Gasteiger partial charge in [-0.3, -0.25) is 4.98 Å². The van der Waals surface area contributed by atoms with E-state index in [4.69, 9.17) is 0 Å². The second-order valence-electron chi connectivity index (χ2n) is 4.49. The van der Waals surface area contributed by atoms with Gasteiger partial charge in [-0.05, 0) is 31.4 Å². The van der Waals surface area contributed by atoms with Gasteiger partial charge in [-0.15, -0.1) is 0 Å². The van der Waals surface area contributed by atoms with Crippen LogP contribution in [0.1, 0.15) is 63.8 Å². The molecule has 1 nitrogen and oxygen atoms in total. The Kier molecular flexibility index (Phi) is 15.8. The summed E-state index contributed by atoms with van der Waals surface area (Å²) < 4.78 is 0. The minimum absolute atomic E-state index is 0. The molecular formula is C15H27Li2N. The van der Waals surface area contributed by atoms with Crippen molar-refractivity contribution in [3.05, 3.63) is 29.6 Å². The Morgan fingerprint density at radius 3 is 2.11 bits per heavy atom. The Labute approximate surface area is 137 Å². The number of aryl methyl sites for hydroxylation is 2. The third kappa shape index (κ3) is 9.30. The fourth-order valence-corrected chi connectivity index (χ4v) is 1.95. The van der Waals surface area contributed by atoms with Crippen LogP contribution in [0.2, 0.25) is 0 Å². The molecule has 3 heteroatoms. The van der Waals surface area contributed by atoms with Gasteiger partial charge in [-0.25, -0.2) is 0 Å². The average Bonchev–Trinajstić information content (AvgIpc) is 2.34. The van der Waals surface area contributed by atoms with Crippen molar-refractivity contribution in [1.29, 1.82) is 0 Å². The van der Waals surface area contributed by atoms with E-state index >= 15 is 0 Å². The number of hydrogen-bond donors (Lipinski definition) is 0. The third-order valence-electron chi connectivity index (χ3n) is 3.01. The second-order valence-corrected chi connectivity index (χ2v) is 4.49. The molecule has 0 radical (unpaired) electrons. The first-order valence-electron chi connectivity index (χ1n) is 6.81. The molecular weight excluding hydrogens is 208 g/mol. The van der Waals surface area contributed by atoms with E-state index in [1.807, 2.05) is 0 Å². The van der Waals surface area contributed by atoms with Crippen molar-refractivity contribution in [2.24, 2.45) is 0 Å². The van der Waals surface area contributed by atoms with Crippen LogP contribution < -0.4 is 0 Å². The summed E-state index contributed by atoms with van der Waals surface area (Å²) in [6.07, 6.45) is 10.4. The van der Waals surface area contributed by atoms with E-state index in [1.165, 1.54) is 49.9 Å². The first kappa shape index (κ1) is 20.7. The molecule has 0 amide bonds. The standard InChI is InChI=1S/C15H25N.2Li.2H/c1-3-5-6-7-8-9-11-15-13-10-12-14(4-2)16-15;;;;/h10,12-13H,3-9,11H2,1-2H3;;;;. The van der Waals surface area contributed by atoms with E-state index in [0.29, 0.717) is 0 Å². The first-order chi connectivity index (χ1) is 7.86. The fourth-order valence-electron chi connectivity index (χ4n) is 1.95. The van der Waals surface area contributed by atoms with Crippen LogP contribution in [0.15, 0.2) is 18.2 Å². The number of unbranched alkanes of at least 4 members (excludes halogenated alkanes) is 5. The zero-order chi connectivity index (χ0) is 11.6. The molecule has 0 aliphatic rings. The van der Waals surface area contributed by atoms with E-state index in [9.17, 15) is 0 Å². The summed E-state index contributed by atoms with van der Waals surface area (Å²) in [6, 6.07) is 6.41. The van der Waals surface area contributed by atoms with E-state index in [0.717, 1.165) is 12.8 Å². The van der Waals surface area contributed by atoms with Crippen LogP contribution in [-0.4, -0.2) is 42.7 Å². The molecule has 0 fully saturated rings. The van der Waals surface area contributed by atoms with Crippen molar-refractivity contribution < 1.29 is 0 Å². The molecule has 0 aliphatic heterocycles. The zero-order valence-corrected chi connectivity index (χ0v) is 10.8. The predicted octanol–water partition coefficient (Wildman–Crippen LogP) is 3.25. The molecule has 0 atom stereocenters. The van der Waals surface area contributed by atoms with Crippen LogP contribution in [0.4, 0.5) is 0 Å². The van der Waals surface area contributed by atoms with Gasteiger partial charge in [0.15, 0.2) is 0 Å². The summed E-state index contributed by atoms with van der Waals surface area (Å²) in [7, 11) is 0. The number of hydrogen-bond acceptors (Lipinski definition) is 1. The molecule has 0 saturated heterocycles. The van der Waals surface area contributed by atoms with Crippen LogP contribution in [-0.2, 0) is 12.8 Å². The SMILES string of the molecule is CCCCCCCCc1cccc(CC)n1.[LiH].[LiH]. The number of pyridine rings is 1. The molecule has 0 aromatic carbocycles. The van der Waals surface area contributed by atoms with Crippen LogP contribution in [0.3, 0.4) is 0 Å². The summed E-state index contributed by atoms with van der Waals surface area (Å²) in [5.74, 6) is 0. The fraction of sp³-hybridized carbons (Fsp3) is 0.667. The molecule has 0 unspecified atom stereocenters. The van der Waals surface area contributed by atoms with Gasteiger partial charge in [0.2, 0.25) is 0 Å². The molecule has 0 aliphatic carbocycles. The molecule has 0 N–H and O–H groups in total. The Morgan fingerprint density at radius 2 is 1.44 bits per heavy atom. The Balaban J connectivity index is 0. The summed E-state index contributed by atoms with van der Waals surface area (Å²) in [6.45, 7) is 4.43. The quantitative estimate of drug-likeness (QED) is 0.498. The zero-order valence-electron chi connectivity index (χ0n) is 10.8. The van der Waals surface area contributed by atoms with Gasteiger partial charge in [0.05, 0.1) is 0 Å². The van der Waals surface area contributed by atoms with E-state index in [1.54, 1.807) is 0 Å². The molecule has 18 heavy (non-hydrogen) atoms. The summed E-state index contributed by atoms with van der Waals surface area (Å²) in [4.78, 5) is 4.63. The van der Waals surface area contributed by atoms with E-state index in [2.05, 4.69) is 37.0 Å². The molecule has 1 aromatic heterocycles. The summed E-state index contributed by atoms with van der Waals surface area (Å²) >= 11 is 0. The molecule has 1 rings (SSSR count). The van der Waals surface area contributed by atoms with Gasteiger partial charge in [0, 0.05) is 11.4 Å². The van der Waals surface area contributed by atoms with Gasteiger partial charge >= 0.3 is 37.7 Å². The third-order valence-corrected chi connectivity index (χ3v) is 3.01. The van der Waals surface area contributed by atoms with Crippen molar-refractivity contribution >= 4 is 37.7 Å². The summed E-state index contributed by atoms with van der Waals surface area (Å²) in [5, 5.41) is 0. The van der Waals surface area contributed by atoms with Gasteiger partial charge < -0.3 is 0 Å². The average molecular weight is 235 g/mol. The minimum atomic E-state index is 0. The van der Waals surface area contributed by atoms with Gasteiger partial charge in [0.25, 0.3) is 0 Å². The number of rotatable bonds is 8. The number of nitrogens with zero attached hydrogens (tertiary/aromatic N) is 1. The normalized spacial score (nSPS) is 9.44. The Hall–Kier alpha value is 0.345. The summed E-state index contributed by atoms with van der Waals surface area (Å²) in [5.41, 5.74) is 2.50. The first-order valence-corrected chi connectivity index (χ1v) is 6.81. The predicted molar refractivity (Wildman–Crippen MR) is 85.0 cm³/mol. The Morgan fingerprint density at radius 1 is 0.833 bits per heavy atom. The van der Waals surface area contributed by atoms with Crippen molar-refractivity contribution in [3.63, 3.8) is 0 Å². The van der Waals surface area contributed by atoms with Crippen LogP contribution >= 0.6 is 0 Å². The molecule has 0 spiro atoms. The van der Waals surface area contributed by atoms with Gasteiger partial charge in [0.1, 0.15) is 0 Å². The van der Waals surface area contributed by atoms with Crippen molar-refractivity contribution in [2.75, 3.05) is 0 Å². The molecule has 0 saturated carbocycles. The van der Waals surface area contributed by atoms with Gasteiger partial charge in [-0.1, -0.05) is 52.0 Å². The molecule has 1 heterocycles. The topological polar surface area (TPSA) is 12.9 Å². The van der Waals surface area contributed by atoms with E-state index < -0.39 is 0 Å². The second kappa shape index (κ2) is 13.8. The maximum absolute atomic E-state index is 4.63. The van der Waals surface area contributed by atoms with Crippen LogP contribution in [0, 0.1) is 0 Å². The van der Waals surface area contributed by atoms with E-state index in [-0.39, 0.29) is 37.7 Å². The van der Waals surface area contributed by atoms with Gasteiger partial charge in [-0.2, -0.15) is 0 Å².